The van der Waals surface area contributed by atoms with E-state index in [2.05, 4.69) is 4.68 Å². The van der Waals surface area contributed by atoms with Gasteiger partial charge < -0.3 is 9.84 Å². The molecule has 1 N–H and O–H groups in total. The van der Waals surface area contributed by atoms with Crippen LogP contribution >= 0.6 is 0 Å². The lowest BCUT2D eigenvalue weighted by Gasteiger charge is -2.44. The fraction of sp³-hybridized carbons (Fsp3) is 0.483. The summed E-state index contributed by atoms with van der Waals surface area (Å²) >= 11 is 0. The SMILES string of the molecule is O=C(O)C1(c2ccccc2)CCC(OCC2CC2)(c2nc(-c3ccccc3)nn2CC2CC2)CC1. The van der Waals surface area contributed by atoms with Crippen molar-refractivity contribution in [2.45, 2.75) is 68.9 Å². The zero-order chi connectivity index (χ0) is 23.9. The Morgan fingerprint density at radius 3 is 2.14 bits per heavy atom. The molecule has 0 spiro atoms. The molecule has 0 radical (unpaired) electrons. The first-order valence-electron chi connectivity index (χ1n) is 13.0. The van der Waals surface area contributed by atoms with E-state index < -0.39 is 17.0 Å². The van der Waals surface area contributed by atoms with E-state index in [4.69, 9.17) is 14.8 Å². The average Bonchev–Trinajstić information content (AvgIpc) is 3.83. The predicted molar refractivity (Wildman–Crippen MR) is 133 cm³/mol. The second-order valence-corrected chi connectivity index (χ2v) is 10.8. The van der Waals surface area contributed by atoms with Crippen molar-refractivity contribution in [2.75, 3.05) is 6.61 Å². The lowest BCUT2D eigenvalue weighted by Crippen LogP contribution is -2.47. The van der Waals surface area contributed by atoms with Gasteiger partial charge in [-0.2, -0.15) is 5.10 Å². The average molecular weight is 472 g/mol. The quantitative estimate of drug-likeness (QED) is 0.441. The number of carboxylic acid groups (broad SMARTS) is 1. The van der Waals surface area contributed by atoms with Crippen LogP contribution in [0.15, 0.2) is 60.7 Å². The van der Waals surface area contributed by atoms with Crippen LogP contribution in [0.25, 0.3) is 11.4 Å². The Morgan fingerprint density at radius 2 is 1.54 bits per heavy atom. The molecule has 2 aromatic carbocycles. The summed E-state index contributed by atoms with van der Waals surface area (Å²) in [6, 6.07) is 19.8. The number of hydrogen-bond donors (Lipinski definition) is 1. The maximum atomic E-state index is 12.6. The van der Waals surface area contributed by atoms with Crippen LogP contribution in [0.3, 0.4) is 0 Å². The first-order chi connectivity index (χ1) is 17.1. The first-order valence-corrected chi connectivity index (χ1v) is 13.0. The zero-order valence-corrected chi connectivity index (χ0v) is 20.1. The highest BCUT2D eigenvalue weighted by molar-refractivity contribution is 5.81. The molecule has 3 fully saturated rings. The van der Waals surface area contributed by atoms with Crippen molar-refractivity contribution < 1.29 is 14.6 Å². The Labute approximate surface area is 206 Å². The molecule has 35 heavy (non-hydrogen) atoms. The van der Waals surface area contributed by atoms with Crippen molar-refractivity contribution >= 4 is 5.97 Å². The lowest BCUT2D eigenvalue weighted by molar-refractivity contribution is -0.151. The molecule has 0 bridgehead atoms. The minimum absolute atomic E-state index is 0.522. The molecule has 182 valence electrons. The number of ether oxygens (including phenoxy) is 1. The van der Waals surface area contributed by atoms with Crippen LogP contribution in [0.1, 0.15) is 62.8 Å². The third-order valence-corrected chi connectivity index (χ3v) is 8.18. The van der Waals surface area contributed by atoms with Gasteiger partial charge in [0.1, 0.15) is 5.60 Å². The molecule has 0 unspecified atom stereocenters. The van der Waals surface area contributed by atoms with Gasteiger partial charge >= 0.3 is 5.97 Å². The number of aliphatic carboxylic acids is 1. The van der Waals surface area contributed by atoms with Gasteiger partial charge in [-0.3, -0.25) is 4.79 Å². The van der Waals surface area contributed by atoms with Gasteiger partial charge in [-0.25, -0.2) is 9.67 Å². The number of nitrogens with zero attached hydrogens (tertiary/aromatic N) is 3. The van der Waals surface area contributed by atoms with E-state index in [1.807, 2.05) is 60.7 Å². The van der Waals surface area contributed by atoms with Crippen LogP contribution < -0.4 is 0 Å². The van der Waals surface area contributed by atoms with Gasteiger partial charge in [0.2, 0.25) is 0 Å². The van der Waals surface area contributed by atoms with Crippen molar-refractivity contribution in [1.29, 1.82) is 0 Å². The van der Waals surface area contributed by atoms with Gasteiger partial charge in [-0.1, -0.05) is 60.7 Å². The predicted octanol–water partition coefficient (Wildman–Crippen LogP) is 5.57. The monoisotopic (exact) mass is 471 g/mol. The molecule has 1 aromatic heterocycles. The van der Waals surface area contributed by atoms with Gasteiger partial charge in [0.25, 0.3) is 0 Å². The van der Waals surface area contributed by atoms with Gasteiger partial charge in [0, 0.05) is 12.1 Å². The second-order valence-electron chi connectivity index (χ2n) is 10.8. The van der Waals surface area contributed by atoms with Crippen LogP contribution in [-0.4, -0.2) is 32.4 Å². The number of benzene rings is 2. The Hall–Kier alpha value is -2.99. The maximum absolute atomic E-state index is 12.6. The fourth-order valence-electron chi connectivity index (χ4n) is 5.52. The fourth-order valence-corrected chi connectivity index (χ4v) is 5.52. The molecule has 6 rings (SSSR count). The van der Waals surface area contributed by atoms with Crippen LogP contribution in [-0.2, 0) is 27.1 Å². The van der Waals surface area contributed by atoms with Gasteiger partial charge in [0.05, 0.1) is 12.0 Å². The summed E-state index contributed by atoms with van der Waals surface area (Å²) in [5, 5.41) is 15.3. The van der Waals surface area contributed by atoms with E-state index in [1.54, 1.807) is 0 Å². The highest BCUT2D eigenvalue weighted by Gasteiger charge is 2.52. The first kappa shape index (κ1) is 22.5. The highest BCUT2D eigenvalue weighted by atomic mass is 16.5. The molecule has 3 saturated carbocycles. The minimum Gasteiger partial charge on any atom is -0.481 e. The number of carboxylic acids is 1. The molecule has 0 aliphatic heterocycles. The van der Waals surface area contributed by atoms with E-state index in [9.17, 15) is 9.90 Å². The summed E-state index contributed by atoms with van der Waals surface area (Å²) in [6.07, 6.45) is 7.17. The van der Waals surface area contributed by atoms with E-state index in [1.165, 1.54) is 25.7 Å². The topological polar surface area (TPSA) is 77.2 Å². The summed E-state index contributed by atoms with van der Waals surface area (Å²) in [6.45, 7) is 1.56. The zero-order valence-electron chi connectivity index (χ0n) is 20.1. The van der Waals surface area contributed by atoms with E-state index in [0.29, 0.717) is 44.1 Å². The molecule has 0 amide bonds. The van der Waals surface area contributed by atoms with E-state index in [0.717, 1.165) is 29.3 Å². The van der Waals surface area contributed by atoms with Crippen molar-refractivity contribution in [3.05, 3.63) is 72.1 Å². The third kappa shape index (κ3) is 4.40. The second kappa shape index (κ2) is 8.90. The minimum atomic E-state index is -0.892. The Kier molecular flexibility index (Phi) is 5.72. The Balaban J connectivity index is 1.38. The van der Waals surface area contributed by atoms with Crippen LogP contribution in [0, 0.1) is 11.8 Å². The molecule has 6 heteroatoms. The van der Waals surface area contributed by atoms with Crippen molar-refractivity contribution in [3.8, 4) is 11.4 Å². The molecule has 3 aliphatic rings. The summed E-state index contributed by atoms with van der Waals surface area (Å²) in [5.74, 6) is 2.12. The maximum Gasteiger partial charge on any atom is 0.314 e. The number of carbonyl (C=O) groups is 1. The summed E-state index contributed by atoms with van der Waals surface area (Å²) in [7, 11) is 0. The molecule has 0 atom stereocenters. The molecule has 3 aromatic rings. The molecule has 1 heterocycles. The molecule has 0 saturated heterocycles. The van der Waals surface area contributed by atoms with Gasteiger partial charge in [-0.05, 0) is 68.8 Å². The van der Waals surface area contributed by atoms with Crippen molar-refractivity contribution in [3.63, 3.8) is 0 Å². The molecular formula is C29H33N3O3. The summed E-state index contributed by atoms with van der Waals surface area (Å²) < 4.78 is 8.85. The Bertz CT molecular complexity index is 1170. The smallest absolute Gasteiger partial charge is 0.314 e. The van der Waals surface area contributed by atoms with Crippen molar-refractivity contribution in [1.82, 2.24) is 14.8 Å². The van der Waals surface area contributed by atoms with Crippen LogP contribution in [0.2, 0.25) is 0 Å². The number of rotatable bonds is 9. The largest absolute Gasteiger partial charge is 0.481 e. The normalized spacial score (nSPS) is 26.5. The number of aromatic nitrogens is 3. The third-order valence-electron chi connectivity index (χ3n) is 8.18. The summed E-state index contributed by atoms with van der Waals surface area (Å²) in [4.78, 5) is 17.7. The van der Waals surface area contributed by atoms with Crippen LogP contribution in [0.5, 0.6) is 0 Å². The standard InChI is InChI=1S/C29H33N3O3/c33-27(34)28(24-9-5-2-6-10-24)15-17-29(18-16-28,35-20-22-13-14-22)26-30-25(23-7-3-1-4-8-23)31-32(26)19-21-11-12-21/h1-10,21-22H,11-20H2,(H,33,34). The Morgan fingerprint density at radius 1 is 0.914 bits per heavy atom. The summed E-state index contributed by atoms with van der Waals surface area (Å²) in [5.41, 5.74) is 0.385. The van der Waals surface area contributed by atoms with Crippen LogP contribution in [0.4, 0.5) is 0 Å². The molecule has 6 nitrogen and oxygen atoms in total. The molecular weight excluding hydrogens is 438 g/mol. The van der Waals surface area contributed by atoms with E-state index >= 15 is 0 Å². The lowest BCUT2D eigenvalue weighted by atomic mass is 9.65. The van der Waals surface area contributed by atoms with Crippen molar-refractivity contribution in [2.24, 2.45) is 11.8 Å². The number of hydrogen-bond acceptors (Lipinski definition) is 4. The van der Waals surface area contributed by atoms with E-state index in [-0.39, 0.29) is 0 Å². The molecule has 3 aliphatic carbocycles. The van der Waals surface area contributed by atoms with Gasteiger partial charge in [-0.15, -0.1) is 0 Å². The van der Waals surface area contributed by atoms with Gasteiger partial charge in [0.15, 0.2) is 11.6 Å². The highest BCUT2D eigenvalue weighted by Crippen LogP contribution is 2.50.